The quantitative estimate of drug-likeness (QED) is 0.794. The van der Waals surface area contributed by atoms with Gasteiger partial charge in [-0.05, 0) is 57.4 Å². The van der Waals surface area contributed by atoms with Crippen LogP contribution in [-0.4, -0.2) is 28.5 Å². The third-order valence-corrected chi connectivity index (χ3v) is 4.56. The minimum atomic E-state index is -0.543. The standard InChI is InChI=1S/C21H25N3O4/c1-12-16(15-7-8-18(25)24-19(15)26)10-14-6-5-13(9-17(14)23-12)11-22-20(27)28-21(2,3)4/h5-6,9-10,15H,7-8,11H2,1-4H3,(H,22,27)(H,24,25,26). The van der Waals surface area contributed by atoms with E-state index in [0.717, 1.165) is 27.7 Å². The number of carbonyl (C=O) groups is 3. The number of benzene rings is 1. The Kier molecular flexibility index (Phi) is 5.36. The van der Waals surface area contributed by atoms with Crippen LogP contribution in [0, 0.1) is 6.92 Å². The second-order valence-corrected chi connectivity index (χ2v) is 8.05. The lowest BCUT2D eigenvalue weighted by atomic mass is 9.89. The van der Waals surface area contributed by atoms with Crippen LogP contribution in [0.4, 0.5) is 4.79 Å². The fourth-order valence-electron chi connectivity index (χ4n) is 3.27. The molecule has 1 aromatic carbocycles. The number of piperidine rings is 1. The van der Waals surface area contributed by atoms with Gasteiger partial charge < -0.3 is 10.1 Å². The molecule has 1 aliphatic heterocycles. The largest absolute Gasteiger partial charge is 0.444 e. The Bertz CT molecular complexity index is 947. The molecule has 148 valence electrons. The molecule has 7 heteroatoms. The van der Waals surface area contributed by atoms with E-state index in [4.69, 9.17) is 4.74 Å². The molecule has 0 aliphatic carbocycles. The van der Waals surface area contributed by atoms with Gasteiger partial charge in [0, 0.05) is 24.0 Å². The summed E-state index contributed by atoms with van der Waals surface area (Å²) < 4.78 is 5.24. The Morgan fingerprint density at radius 1 is 1.29 bits per heavy atom. The second-order valence-electron chi connectivity index (χ2n) is 8.05. The Balaban J connectivity index is 1.78. The molecule has 0 bridgehead atoms. The van der Waals surface area contributed by atoms with Crippen molar-refractivity contribution >= 4 is 28.8 Å². The Morgan fingerprint density at radius 3 is 2.71 bits per heavy atom. The van der Waals surface area contributed by atoms with Gasteiger partial charge in [0.2, 0.25) is 11.8 Å². The predicted molar refractivity (Wildman–Crippen MR) is 105 cm³/mol. The van der Waals surface area contributed by atoms with Crippen molar-refractivity contribution in [1.29, 1.82) is 0 Å². The van der Waals surface area contributed by atoms with Gasteiger partial charge >= 0.3 is 6.09 Å². The molecule has 2 heterocycles. The Morgan fingerprint density at radius 2 is 2.04 bits per heavy atom. The number of aryl methyl sites for hydroxylation is 1. The van der Waals surface area contributed by atoms with E-state index >= 15 is 0 Å². The monoisotopic (exact) mass is 383 g/mol. The number of fused-ring (bicyclic) bond motifs is 1. The summed E-state index contributed by atoms with van der Waals surface area (Å²) in [5.74, 6) is -0.850. The summed E-state index contributed by atoms with van der Waals surface area (Å²) in [5, 5.41) is 6.04. The van der Waals surface area contributed by atoms with Crippen molar-refractivity contribution < 1.29 is 19.1 Å². The number of rotatable bonds is 3. The Labute approximate surface area is 163 Å². The van der Waals surface area contributed by atoms with E-state index in [1.165, 1.54) is 0 Å². The summed E-state index contributed by atoms with van der Waals surface area (Å²) in [6.45, 7) is 7.64. The van der Waals surface area contributed by atoms with Crippen LogP contribution in [0.25, 0.3) is 10.9 Å². The highest BCUT2D eigenvalue weighted by atomic mass is 16.6. The summed E-state index contributed by atoms with van der Waals surface area (Å²) in [6.07, 6.45) is 0.365. The van der Waals surface area contributed by atoms with Crippen molar-refractivity contribution in [2.45, 2.75) is 58.6 Å². The number of amides is 3. The van der Waals surface area contributed by atoms with Crippen LogP contribution in [0.5, 0.6) is 0 Å². The van der Waals surface area contributed by atoms with E-state index in [1.54, 1.807) is 0 Å². The molecule has 2 N–H and O–H groups in total. The highest BCUT2D eigenvalue weighted by Gasteiger charge is 2.29. The zero-order chi connectivity index (χ0) is 20.5. The molecule has 0 spiro atoms. The molecule has 1 aliphatic rings. The summed E-state index contributed by atoms with van der Waals surface area (Å²) in [5.41, 5.74) is 2.76. The number of aromatic nitrogens is 1. The van der Waals surface area contributed by atoms with Gasteiger partial charge in [0.25, 0.3) is 0 Å². The van der Waals surface area contributed by atoms with Crippen LogP contribution >= 0.6 is 0 Å². The average molecular weight is 383 g/mol. The number of hydrogen-bond donors (Lipinski definition) is 2. The number of nitrogens with zero attached hydrogens (tertiary/aromatic N) is 1. The topological polar surface area (TPSA) is 97.4 Å². The van der Waals surface area contributed by atoms with E-state index < -0.39 is 11.7 Å². The summed E-state index contributed by atoms with van der Waals surface area (Å²) >= 11 is 0. The number of imide groups is 1. The third kappa shape index (κ3) is 4.65. The van der Waals surface area contributed by atoms with E-state index in [-0.39, 0.29) is 17.7 Å². The van der Waals surface area contributed by atoms with E-state index in [1.807, 2.05) is 52.0 Å². The van der Waals surface area contributed by atoms with Crippen molar-refractivity contribution in [3.63, 3.8) is 0 Å². The highest BCUT2D eigenvalue weighted by molar-refractivity contribution is 6.01. The molecule has 1 saturated heterocycles. The molecule has 1 fully saturated rings. The van der Waals surface area contributed by atoms with Crippen LogP contribution in [0.3, 0.4) is 0 Å². The maximum atomic E-state index is 12.2. The molecule has 28 heavy (non-hydrogen) atoms. The Hall–Kier alpha value is -2.96. The average Bonchev–Trinajstić information content (AvgIpc) is 2.58. The number of ether oxygens (including phenoxy) is 1. The zero-order valence-corrected chi connectivity index (χ0v) is 16.6. The molecule has 0 saturated carbocycles. The highest BCUT2D eigenvalue weighted by Crippen LogP contribution is 2.29. The lowest BCUT2D eigenvalue weighted by Gasteiger charge is -2.22. The van der Waals surface area contributed by atoms with Crippen molar-refractivity contribution in [1.82, 2.24) is 15.6 Å². The van der Waals surface area contributed by atoms with Crippen LogP contribution in [0.1, 0.15) is 56.4 Å². The van der Waals surface area contributed by atoms with Gasteiger partial charge in [-0.3, -0.25) is 19.9 Å². The van der Waals surface area contributed by atoms with E-state index in [0.29, 0.717) is 19.4 Å². The number of nitrogens with one attached hydrogen (secondary N) is 2. The van der Waals surface area contributed by atoms with Crippen LogP contribution < -0.4 is 10.6 Å². The van der Waals surface area contributed by atoms with Crippen LogP contribution in [0.2, 0.25) is 0 Å². The molecule has 2 aromatic rings. The molecule has 1 aromatic heterocycles. The number of hydrogen-bond acceptors (Lipinski definition) is 5. The minimum Gasteiger partial charge on any atom is -0.444 e. The maximum absolute atomic E-state index is 12.2. The maximum Gasteiger partial charge on any atom is 0.407 e. The number of pyridine rings is 1. The molecule has 1 atom stereocenters. The first-order valence-corrected chi connectivity index (χ1v) is 9.33. The molecular weight excluding hydrogens is 358 g/mol. The lowest BCUT2D eigenvalue weighted by Crippen LogP contribution is -2.39. The molecule has 3 amide bonds. The van der Waals surface area contributed by atoms with Crippen molar-refractivity contribution in [3.05, 3.63) is 41.1 Å². The molecule has 1 unspecified atom stereocenters. The van der Waals surface area contributed by atoms with Gasteiger partial charge in [-0.15, -0.1) is 0 Å². The lowest BCUT2D eigenvalue weighted by molar-refractivity contribution is -0.134. The SMILES string of the molecule is Cc1nc2cc(CNC(=O)OC(C)(C)C)ccc2cc1C1CCC(=O)NC1=O. The minimum absolute atomic E-state index is 0.227. The first-order chi connectivity index (χ1) is 13.1. The van der Waals surface area contributed by atoms with Gasteiger partial charge in [0.15, 0.2) is 0 Å². The number of alkyl carbamates (subject to hydrolysis) is 1. The van der Waals surface area contributed by atoms with Gasteiger partial charge in [0.05, 0.1) is 11.4 Å². The smallest absolute Gasteiger partial charge is 0.407 e. The molecule has 0 radical (unpaired) electrons. The second kappa shape index (κ2) is 7.58. The van der Waals surface area contributed by atoms with E-state index in [2.05, 4.69) is 15.6 Å². The predicted octanol–water partition coefficient (Wildman–Crippen LogP) is 3.09. The van der Waals surface area contributed by atoms with E-state index in [9.17, 15) is 14.4 Å². The van der Waals surface area contributed by atoms with Gasteiger partial charge in [0.1, 0.15) is 5.60 Å². The van der Waals surface area contributed by atoms with Gasteiger partial charge in [-0.25, -0.2) is 4.79 Å². The van der Waals surface area contributed by atoms with Crippen LogP contribution in [-0.2, 0) is 20.9 Å². The summed E-state index contributed by atoms with van der Waals surface area (Å²) in [6, 6.07) is 7.70. The number of carbonyl (C=O) groups excluding carboxylic acids is 3. The molecule has 7 nitrogen and oxygen atoms in total. The van der Waals surface area contributed by atoms with Crippen LogP contribution in [0.15, 0.2) is 24.3 Å². The fraction of sp³-hybridized carbons (Fsp3) is 0.429. The van der Waals surface area contributed by atoms with Crippen molar-refractivity contribution in [2.75, 3.05) is 0 Å². The van der Waals surface area contributed by atoms with Gasteiger partial charge in [-0.2, -0.15) is 0 Å². The fourth-order valence-corrected chi connectivity index (χ4v) is 3.27. The van der Waals surface area contributed by atoms with Crippen molar-refractivity contribution in [2.24, 2.45) is 0 Å². The summed E-state index contributed by atoms with van der Waals surface area (Å²) in [7, 11) is 0. The zero-order valence-electron chi connectivity index (χ0n) is 16.6. The molecular formula is C21H25N3O4. The first-order valence-electron chi connectivity index (χ1n) is 9.33. The first kappa shape index (κ1) is 19.8. The van der Waals surface area contributed by atoms with Crippen molar-refractivity contribution in [3.8, 4) is 0 Å². The third-order valence-electron chi connectivity index (χ3n) is 4.56. The summed E-state index contributed by atoms with van der Waals surface area (Å²) in [4.78, 5) is 40.0. The van der Waals surface area contributed by atoms with Gasteiger partial charge in [-0.1, -0.05) is 12.1 Å². The molecule has 3 rings (SSSR count). The normalized spacial score (nSPS) is 17.4.